The Kier molecular flexibility index (Phi) is 3.72. The van der Waals surface area contributed by atoms with Crippen LogP contribution in [0.4, 0.5) is 5.13 Å². The van der Waals surface area contributed by atoms with E-state index in [1.54, 1.807) is 35.6 Å². The second-order valence-corrected chi connectivity index (χ2v) is 6.47. The van der Waals surface area contributed by atoms with Gasteiger partial charge in [0.25, 0.3) is 5.91 Å². The number of nitrogens with one attached hydrogen (secondary N) is 1. The molecule has 0 saturated carbocycles. The van der Waals surface area contributed by atoms with Crippen molar-refractivity contribution in [3.05, 3.63) is 46.0 Å². The fourth-order valence-electron chi connectivity index (χ4n) is 2.49. The Morgan fingerprint density at radius 2 is 2.38 bits per heavy atom. The molecule has 1 N–H and O–H groups in total. The number of nitriles is 1. The highest BCUT2D eigenvalue weighted by atomic mass is 32.1. The van der Waals surface area contributed by atoms with Gasteiger partial charge in [0.05, 0.1) is 17.3 Å². The number of aromatic nitrogens is 1. The standard InChI is InChI=1S/C16H15N3OS/c1-10-5-6-13-14(7-10)21-16(18-13)19-15(20)12-4-2-3-11(8-12)9-17/h2-4,8,10H,5-7H2,1H3,(H,18,19,20)/t10-/m0/s1. The minimum Gasteiger partial charge on any atom is -0.298 e. The summed E-state index contributed by atoms with van der Waals surface area (Å²) >= 11 is 1.56. The van der Waals surface area contributed by atoms with Crippen LogP contribution >= 0.6 is 11.3 Å². The molecule has 1 aliphatic rings. The topological polar surface area (TPSA) is 65.8 Å². The zero-order valence-corrected chi connectivity index (χ0v) is 12.5. The smallest absolute Gasteiger partial charge is 0.257 e. The van der Waals surface area contributed by atoms with E-state index in [-0.39, 0.29) is 5.91 Å². The van der Waals surface area contributed by atoms with Gasteiger partial charge in [0, 0.05) is 10.4 Å². The first kappa shape index (κ1) is 13.8. The number of rotatable bonds is 2. The summed E-state index contributed by atoms with van der Waals surface area (Å²) in [4.78, 5) is 18.0. The number of benzene rings is 1. The maximum atomic E-state index is 12.2. The van der Waals surface area contributed by atoms with Gasteiger partial charge in [-0.3, -0.25) is 10.1 Å². The van der Waals surface area contributed by atoms with Crippen LogP contribution in [-0.2, 0) is 12.8 Å². The summed E-state index contributed by atoms with van der Waals surface area (Å²) in [6.45, 7) is 2.24. The molecule has 3 rings (SSSR count). The number of thiazole rings is 1. The van der Waals surface area contributed by atoms with Crippen molar-refractivity contribution in [3.8, 4) is 6.07 Å². The van der Waals surface area contributed by atoms with Crippen LogP contribution in [0.2, 0.25) is 0 Å². The van der Waals surface area contributed by atoms with Gasteiger partial charge in [-0.05, 0) is 43.4 Å². The molecule has 1 atom stereocenters. The predicted octanol–water partition coefficient (Wildman–Crippen LogP) is 3.39. The van der Waals surface area contributed by atoms with Gasteiger partial charge in [0.2, 0.25) is 0 Å². The maximum Gasteiger partial charge on any atom is 0.257 e. The Bertz CT molecular complexity index is 729. The third-order valence-corrected chi connectivity index (χ3v) is 4.70. The summed E-state index contributed by atoms with van der Waals surface area (Å²) in [5, 5.41) is 12.4. The summed E-state index contributed by atoms with van der Waals surface area (Å²) in [7, 11) is 0. The second kappa shape index (κ2) is 5.66. The minimum atomic E-state index is -0.216. The van der Waals surface area contributed by atoms with Gasteiger partial charge < -0.3 is 0 Å². The molecule has 0 bridgehead atoms. The first-order chi connectivity index (χ1) is 10.2. The van der Waals surface area contributed by atoms with Gasteiger partial charge in [-0.1, -0.05) is 13.0 Å². The molecule has 0 radical (unpaired) electrons. The van der Waals surface area contributed by atoms with Gasteiger partial charge in [-0.25, -0.2) is 4.98 Å². The molecule has 1 heterocycles. The van der Waals surface area contributed by atoms with Crippen molar-refractivity contribution in [1.29, 1.82) is 5.26 Å². The largest absolute Gasteiger partial charge is 0.298 e. The minimum absolute atomic E-state index is 0.216. The number of nitrogens with zero attached hydrogens (tertiary/aromatic N) is 2. The lowest BCUT2D eigenvalue weighted by Crippen LogP contribution is -2.12. The molecule has 5 heteroatoms. The van der Waals surface area contributed by atoms with Gasteiger partial charge in [0.15, 0.2) is 5.13 Å². The summed E-state index contributed by atoms with van der Waals surface area (Å²) in [5.41, 5.74) is 2.09. The van der Waals surface area contributed by atoms with Crippen molar-refractivity contribution in [2.75, 3.05) is 5.32 Å². The monoisotopic (exact) mass is 297 g/mol. The summed E-state index contributed by atoms with van der Waals surface area (Å²) < 4.78 is 0. The van der Waals surface area contributed by atoms with Crippen LogP contribution in [0.25, 0.3) is 0 Å². The number of amides is 1. The first-order valence-electron chi connectivity index (χ1n) is 6.96. The lowest BCUT2D eigenvalue weighted by molar-refractivity contribution is 0.102. The van der Waals surface area contributed by atoms with Crippen LogP contribution in [0.15, 0.2) is 24.3 Å². The molecule has 4 nitrogen and oxygen atoms in total. The molecule has 0 aliphatic heterocycles. The van der Waals surface area contributed by atoms with Gasteiger partial charge >= 0.3 is 0 Å². The number of aryl methyl sites for hydroxylation is 1. The average molecular weight is 297 g/mol. The molecule has 0 spiro atoms. The highest BCUT2D eigenvalue weighted by Gasteiger charge is 2.20. The molecule has 1 aromatic carbocycles. The fraction of sp³-hybridized carbons (Fsp3) is 0.312. The van der Waals surface area contributed by atoms with E-state index in [4.69, 9.17) is 5.26 Å². The zero-order chi connectivity index (χ0) is 14.8. The van der Waals surface area contributed by atoms with Crippen LogP contribution in [0.5, 0.6) is 0 Å². The zero-order valence-electron chi connectivity index (χ0n) is 11.7. The van der Waals surface area contributed by atoms with Crippen molar-refractivity contribution >= 4 is 22.4 Å². The van der Waals surface area contributed by atoms with Crippen molar-refractivity contribution in [3.63, 3.8) is 0 Å². The van der Waals surface area contributed by atoms with E-state index in [0.717, 1.165) is 25.0 Å². The SMILES string of the molecule is C[C@H]1CCc2nc(NC(=O)c3cccc(C#N)c3)sc2C1. The predicted molar refractivity (Wildman–Crippen MR) is 82.4 cm³/mol. The van der Waals surface area contributed by atoms with E-state index < -0.39 is 0 Å². The fourth-order valence-corrected chi connectivity index (χ4v) is 3.66. The molecule has 0 unspecified atom stereocenters. The quantitative estimate of drug-likeness (QED) is 0.924. The van der Waals surface area contributed by atoms with E-state index >= 15 is 0 Å². The number of carbonyl (C=O) groups is 1. The van der Waals surface area contributed by atoms with E-state index in [1.807, 2.05) is 6.07 Å². The summed E-state index contributed by atoms with van der Waals surface area (Å²) in [6, 6.07) is 8.72. The Morgan fingerprint density at radius 1 is 1.52 bits per heavy atom. The molecule has 0 saturated heterocycles. The molecule has 2 aromatic rings. The van der Waals surface area contributed by atoms with Gasteiger partial charge in [-0.15, -0.1) is 11.3 Å². The van der Waals surface area contributed by atoms with Crippen LogP contribution in [0.1, 0.15) is 39.8 Å². The normalized spacial score (nSPS) is 16.9. The third kappa shape index (κ3) is 2.96. The molecular weight excluding hydrogens is 282 g/mol. The molecule has 106 valence electrons. The van der Waals surface area contributed by atoms with Crippen molar-refractivity contribution in [1.82, 2.24) is 4.98 Å². The van der Waals surface area contributed by atoms with E-state index in [0.29, 0.717) is 22.2 Å². The maximum absolute atomic E-state index is 12.2. The Hall–Kier alpha value is -2.19. The lowest BCUT2D eigenvalue weighted by Gasteiger charge is -2.15. The number of anilines is 1. The molecular formula is C16H15N3OS. The van der Waals surface area contributed by atoms with E-state index in [2.05, 4.69) is 17.2 Å². The highest BCUT2D eigenvalue weighted by Crippen LogP contribution is 2.32. The highest BCUT2D eigenvalue weighted by molar-refractivity contribution is 7.15. The Balaban J connectivity index is 1.77. The third-order valence-electron chi connectivity index (χ3n) is 3.66. The van der Waals surface area contributed by atoms with E-state index in [9.17, 15) is 4.79 Å². The molecule has 21 heavy (non-hydrogen) atoms. The Morgan fingerprint density at radius 3 is 3.19 bits per heavy atom. The van der Waals surface area contributed by atoms with Crippen LogP contribution < -0.4 is 5.32 Å². The second-order valence-electron chi connectivity index (χ2n) is 5.38. The first-order valence-corrected chi connectivity index (χ1v) is 7.77. The number of hydrogen-bond acceptors (Lipinski definition) is 4. The van der Waals surface area contributed by atoms with Crippen LogP contribution in [0.3, 0.4) is 0 Å². The number of fused-ring (bicyclic) bond motifs is 1. The van der Waals surface area contributed by atoms with Crippen LogP contribution in [0, 0.1) is 17.2 Å². The van der Waals surface area contributed by atoms with Crippen molar-refractivity contribution < 1.29 is 4.79 Å². The number of hydrogen-bond donors (Lipinski definition) is 1. The van der Waals surface area contributed by atoms with E-state index in [1.165, 1.54) is 4.88 Å². The molecule has 1 aromatic heterocycles. The van der Waals surface area contributed by atoms with Crippen LogP contribution in [-0.4, -0.2) is 10.9 Å². The number of carbonyl (C=O) groups excluding carboxylic acids is 1. The molecule has 0 fully saturated rings. The summed E-state index contributed by atoms with van der Waals surface area (Å²) in [5.74, 6) is 0.472. The van der Waals surface area contributed by atoms with Gasteiger partial charge in [-0.2, -0.15) is 5.26 Å². The lowest BCUT2D eigenvalue weighted by atomic mass is 9.93. The molecule has 1 amide bonds. The van der Waals surface area contributed by atoms with Crippen molar-refractivity contribution in [2.45, 2.75) is 26.2 Å². The summed E-state index contributed by atoms with van der Waals surface area (Å²) in [6.07, 6.45) is 3.20. The molecule has 1 aliphatic carbocycles. The van der Waals surface area contributed by atoms with Gasteiger partial charge in [0.1, 0.15) is 0 Å². The average Bonchev–Trinajstić information content (AvgIpc) is 2.88. The van der Waals surface area contributed by atoms with Crippen molar-refractivity contribution in [2.24, 2.45) is 5.92 Å². The Labute approximate surface area is 127 Å².